The fourth-order valence-corrected chi connectivity index (χ4v) is 3.87. The quantitative estimate of drug-likeness (QED) is 0.373. The van der Waals surface area contributed by atoms with Crippen molar-refractivity contribution in [3.05, 3.63) is 54.1 Å². The van der Waals surface area contributed by atoms with Gasteiger partial charge in [0.25, 0.3) is 0 Å². The van der Waals surface area contributed by atoms with Gasteiger partial charge < -0.3 is 20.3 Å². The van der Waals surface area contributed by atoms with Crippen molar-refractivity contribution in [1.29, 1.82) is 0 Å². The van der Waals surface area contributed by atoms with Gasteiger partial charge in [-0.3, -0.25) is 4.57 Å². The van der Waals surface area contributed by atoms with E-state index in [0.29, 0.717) is 28.4 Å². The molecule has 4 aromatic rings. The average Bonchev–Trinajstić information content (AvgIpc) is 3.39. The van der Waals surface area contributed by atoms with Crippen LogP contribution >= 0.6 is 23.1 Å². The lowest BCUT2D eigenvalue weighted by atomic mass is 10.3. The van der Waals surface area contributed by atoms with Crippen molar-refractivity contribution in [3.8, 4) is 11.8 Å². The molecule has 0 saturated carbocycles. The Kier molecular flexibility index (Phi) is 6.18. The third-order valence-electron chi connectivity index (χ3n) is 3.82. The third-order valence-corrected chi connectivity index (χ3v) is 5.51. The van der Waals surface area contributed by atoms with Crippen molar-refractivity contribution in [2.75, 3.05) is 11.9 Å². The number of rotatable bonds is 8. The van der Waals surface area contributed by atoms with E-state index >= 15 is 0 Å². The van der Waals surface area contributed by atoms with Crippen molar-refractivity contribution < 1.29 is 14.9 Å². The van der Waals surface area contributed by atoms with Gasteiger partial charge in [-0.05, 0) is 12.1 Å². The molecular formula is C18H17N7O3S2. The molecule has 0 aromatic carbocycles. The van der Waals surface area contributed by atoms with Crippen LogP contribution in [0.2, 0.25) is 0 Å². The fraction of sp³-hybridized carbons (Fsp3) is 0.167. The molecule has 0 aliphatic rings. The van der Waals surface area contributed by atoms with Crippen molar-refractivity contribution in [2.24, 2.45) is 7.05 Å². The Labute approximate surface area is 179 Å². The molecule has 154 valence electrons. The second-order valence-electron chi connectivity index (χ2n) is 6.02. The first-order valence-electron chi connectivity index (χ1n) is 8.74. The first-order valence-corrected chi connectivity index (χ1v) is 10.4. The molecule has 3 N–H and O–H groups in total. The molecule has 0 aliphatic heterocycles. The summed E-state index contributed by atoms with van der Waals surface area (Å²) < 4.78 is 7.56. The first-order chi connectivity index (χ1) is 14.6. The predicted octanol–water partition coefficient (Wildman–Crippen LogP) is 2.77. The number of aliphatic hydroxyl groups is 2. The summed E-state index contributed by atoms with van der Waals surface area (Å²) in [5.41, 5.74) is 0.378. The standard InChI is InChI=1S/C18H17N7O3S2/c1-25-10-21-24-18(25)28-14-6-11(30-15-4-2-3-5-19-15)7-20-16(14)23-17-22-12(9-29-17)13(27)8-26/h2-7,9-10,13,26-27H,8H2,1H3,(H,20,22,23). The summed E-state index contributed by atoms with van der Waals surface area (Å²) in [6, 6.07) is 7.80. The first kappa shape index (κ1) is 20.2. The van der Waals surface area contributed by atoms with Gasteiger partial charge in [0.1, 0.15) is 17.5 Å². The van der Waals surface area contributed by atoms with Gasteiger partial charge in [-0.1, -0.05) is 22.9 Å². The minimum Gasteiger partial charge on any atom is -0.420 e. The molecule has 1 unspecified atom stereocenters. The van der Waals surface area contributed by atoms with Crippen LogP contribution in [-0.2, 0) is 7.05 Å². The summed E-state index contributed by atoms with van der Waals surface area (Å²) in [4.78, 5) is 13.9. The molecular weight excluding hydrogens is 426 g/mol. The number of aromatic nitrogens is 6. The highest BCUT2D eigenvalue weighted by molar-refractivity contribution is 7.99. The van der Waals surface area contributed by atoms with E-state index in [2.05, 4.69) is 30.5 Å². The van der Waals surface area contributed by atoms with Crippen LogP contribution in [0.1, 0.15) is 11.8 Å². The maximum Gasteiger partial charge on any atom is 0.322 e. The molecule has 12 heteroatoms. The molecule has 0 spiro atoms. The number of hydrogen-bond donors (Lipinski definition) is 3. The second kappa shape index (κ2) is 9.17. The van der Waals surface area contributed by atoms with E-state index in [1.165, 1.54) is 29.4 Å². The number of aryl methyl sites for hydroxylation is 1. The zero-order chi connectivity index (χ0) is 20.9. The summed E-state index contributed by atoms with van der Waals surface area (Å²) in [6.45, 7) is -0.401. The molecule has 4 heterocycles. The van der Waals surface area contributed by atoms with Crippen LogP contribution in [0, 0.1) is 0 Å². The van der Waals surface area contributed by atoms with Crippen LogP contribution in [0.15, 0.2) is 58.3 Å². The van der Waals surface area contributed by atoms with Crippen molar-refractivity contribution in [1.82, 2.24) is 29.7 Å². The molecule has 0 amide bonds. The van der Waals surface area contributed by atoms with E-state index in [9.17, 15) is 5.11 Å². The number of thiazole rings is 1. The van der Waals surface area contributed by atoms with Crippen molar-refractivity contribution in [3.63, 3.8) is 0 Å². The zero-order valence-electron chi connectivity index (χ0n) is 15.7. The van der Waals surface area contributed by atoms with E-state index in [4.69, 9.17) is 9.84 Å². The zero-order valence-corrected chi connectivity index (χ0v) is 17.3. The normalized spacial score (nSPS) is 12.0. The highest BCUT2D eigenvalue weighted by atomic mass is 32.2. The number of nitrogens with zero attached hydrogens (tertiary/aromatic N) is 6. The van der Waals surface area contributed by atoms with Crippen molar-refractivity contribution in [2.45, 2.75) is 16.0 Å². The van der Waals surface area contributed by atoms with Gasteiger partial charge in [0.2, 0.25) is 0 Å². The van der Waals surface area contributed by atoms with Gasteiger partial charge in [0, 0.05) is 35.8 Å². The molecule has 1 atom stereocenters. The highest BCUT2D eigenvalue weighted by Gasteiger charge is 2.16. The fourth-order valence-electron chi connectivity index (χ4n) is 2.34. The van der Waals surface area contributed by atoms with Gasteiger partial charge >= 0.3 is 6.01 Å². The molecule has 0 saturated heterocycles. The Morgan fingerprint density at radius 2 is 2.23 bits per heavy atom. The monoisotopic (exact) mass is 443 g/mol. The van der Waals surface area contributed by atoms with Gasteiger partial charge in [-0.2, -0.15) is 0 Å². The Bertz CT molecular complexity index is 1120. The summed E-state index contributed by atoms with van der Waals surface area (Å²) >= 11 is 2.72. The third kappa shape index (κ3) is 4.74. The topological polar surface area (TPSA) is 131 Å². The van der Waals surface area contributed by atoms with E-state index in [0.717, 1.165) is 9.92 Å². The predicted molar refractivity (Wildman–Crippen MR) is 111 cm³/mol. The molecule has 10 nitrogen and oxygen atoms in total. The summed E-state index contributed by atoms with van der Waals surface area (Å²) in [5.74, 6) is 0.842. The van der Waals surface area contributed by atoms with Crippen LogP contribution < -0.4 is 10.1 Å². The molecule has 4 rings (SSSR count). The number of anilines is 2. The van der Waals surface area contributed by atoms with E-state index in [-0.39, 0.29) is 0 Å². The summed E-state index contributed by atoms with van der Waals surface area (Å²) in [5, 5.41) is 32.7. The molecule has 0 fully saturated rings. The Balaban J connectivity index is 1.62. The highest BCUT2D eigenvalue weighted by Crippen LogP contribution is 2.35. The molecule has 4 aromatic heterocycles. The van der Waals surface area contributed by atoms with Crippen molar-refractivity contribution >= 4 is 34.0 Å². The van der Waals surface area contributed by atoms with Crippen LogP contribution in [0.3, 0.4) is 0 Å². The van der Waals surface area contributed by atoms with Crippen LogP contribution in [0.25, 0.3) is 0 Å². The van der Waals surface area contributed by atoms with Crippen LogP contribution in [0.5, 0.6) is 11.8 Å². The number of nitrogens with one attached hydrogen (secondary N) is 1. The second-order valence-corrected chi connectivity index (χ2v) is 7.97. The smallest absolute Gasteiger partial charge is 0.322 e. The number of aliphatic hydroxyl groups excluding tert-OH is 2. The number of pyridine rings is 2. The average molecular weight is 444 g/mol. The summed E-state index contributed by atoms with van der Waals surface area (Å²) in [6.07, 6.45) is 3.92. The lowest BCUT2D eigenvalue weighted by Gasteiger charge is -2.11. The van der Waals surface area contributed by atoms with Gasteiger partial charge in [-0.25, -0.2) is 15.0 Å². The minimum atomic E-state index is -1.03. The number of hydrogen-bond acceptors (Lipinski definition) is 11. The maximum atomic E-state index is 9.74. The van der Waals surface area contributed by atoms with E-state index in [1.54, 1.807) is 29.4 Å². The van der Waals surface area contributed by atoms with Gasteiger partial charge in [-0.15, -0.1) is 16.4 Å². The SMILES string of the molecule is Cn1cnnc1Oc1cc(Sc2ccccn2)cnc1Nc1nc(C(O)CO)cs1. The minimum absolute atomic E-state index is 0.301. The van der Waals surface area contributed by atoms with Crippen LogP contribution in [-0.4, -0.2) is 46.5 Å². The Morgan fingerprint density at radius 3 is 2.97 bits per heavy atom. The molecule has 0 bridgehead atoms. The largest absolute Gasteiger partial charge is 0.420 e. The van der Waals surface area contributed by atoms with E-state index in [1.807, 2.05) is 24.3 Å². The van der Waals surface area contributed by atoms with Gasteiger partial charge in [0.05, 0.1) is 12.3 Å². The Morgan fingerprint density at radius 1 is 1.33 bits per heavy atom. The maximum absolute atomic E-state index is 9.74. The van der Waals surface area contributed by atoms with Gasteiger partial charge in [0.15, 0.2) is 16.7 Å². The number of ether oxygens (including phenoxy) is 1. The molecule has 0 aliphatic carbocycles. The lowest BCUT2D eigenvalue weighted by Crippen LogP contribution is -2.03. The summed E-state index contributed by atoms with van der Waals surface area (Å²) in [7, 11) is 1.77. The van der Waals surface area contributed by atoms with Crippen LogP contribution in [0.4, 0.5) is 10.9 Å². The van der Waals surface area contributed by atoms with E-state index < -0.39 is 12.7 Å². The molecule has 30 heavy (non-hydrogen) atoms. The Hall–Kier alpha value is -3.06. The molecule has 0 radical (unpaired) electrons. The lowest BCUT2D eigenvalue weighted by molar-refractivity contribution is 0.0928.